The highest BCUT2D eigenvalue weighted by molar-refractivity contribution is 5.64. The predicted molar refractivity (Wildman–Crippen MR) is 78.1 cm³/mol. The van der Waals surface area contributed by atoms with E-state index in [-0.39, 0.29) is 5.82 Å². The lowest BCUT2D eigenvalue weighted by Gasteiger charge is -2.21. The molecular formula is C16H18FNO2. The maximum atomic E-state index is 14.1. The first kappa shape index (κ1) is 14.3. The highest BCUT2D eigenvalue weighted by atomic mass is 19.1. The van der Waals surface area contributed by atoms with Gasteiger partial charge in [0.15, 0.2) is 0 Å². The summed E-state index contributed by atoms with van der Waals surface area (Å²) in [4.78, 5) is 1.75. The lowest BCUT2D eigenvalue weighted by atomic mass is 10.1. The van der Waals surface area contributed by atoms with Gasteiger partial charge in [-0.3, -0.25) is 0 Å². The molecule has 0 amide bonds. The van der Waals surface area contributed by atoms with Crippen LogP contribution >= 0.6 is 0 Å². The van der Waals surface area contributed by atoms with Crippen LogP contribution in [-0.2, 0) is 0 Å². The van der Waals surface area contributed by atoms with Crippen molar-refractivity contribution in [3.05, 3.63) is 53.8 Å². The second kappa shape index (κ2) is 5.92. The highest BCUT2D eigenvalue weighted by Crippen LogP contribution is 2.29. The van der Waals surface area contributed by atoms with Gasteiger partial charge in [-0.15, -0.1) is 0 Å². The minimum Gasteiger partial charge on any atom is -0.497 e. The minimum absolute atomic E-state index is 0.360. The molecule has 0 spiro atoms. The topological polar surface area (TPSA) is 32.7 Å². The van der Waals surface area contributed by atoms with E-state index in [1.807, 2.05) is 24.3 Å². The van der Waals surface area contributed by atoms with Gasteiger partial charge in [0.1, 0.15) is 11.6 Å². The summed E-state index contributed by atoms with van der Waals surface area (Å²) in [5.41, 5.74) is 1.88. The summed E-state index contributed by atoms with van der Waals surface area (Å²) < 4.78 is 19.2. The Morgan fingerprint density at radius 2 is 1.80 bits per heavy atom. The first-order valence-corrected chi connectivity index (χ1v) is 6.38. The zero-order chi connectivity index (χ0) is 14.7. The number of halogens is 1. The average Bonchev–Trinajstić information content (AvgIpc) is 2.46. The summed E-state index contributed by atoms with van der Waals surface area (Å²) in [5, 5.41) is 9.46. The SMILES string of the molecule is COc1ccc(N(C)c2ccc([C@H](C)O)cc2F)cc1. The van der Waals surface area contributed by atoms with Gasteiger partial charge in [0, 0.05) is 12.7 Å². The van der Waals surface area contributed by atoms with Crippen LogP contribution in [-0.4, -0.2) is 19.3 Å². The van der Waals surface area contributed by atoms with Gasteiger partial charge in [0.05, 0.1) is 18.9 Å². The van der Waals surface area contributed by atoms with E-state index in [9.17, 15) is 9.50 Å². The average molecular weight is 275 g/mol. The maximum absolute atomic E-state index is 14.1. The molecule has 0 unspecified atom stereocenters. The second-order valence-electron chi connectivity index (χ2n) is 4.64. The molecule has 0 aliphatic rings. The van der Waals surface area contributed by atoms with Gasteiger partial charge in [-0.2, -0.15) is 0 Å². The molecule has 4 heteroatoms. The fourth-order valence-corrected chi connectivity index (χ4v) is 2.00. The quantitative estimate of drug-likeness (QED) is 0.924. The van der Waals surface area contributed by atoms with Crippen LogP contribution in [0.3, 0.4) is 0 Å². The Labute approximate surface area is 118 Å². The Morgan fingerprint density at radius 3 is 2.30 bits per heavy atom. The summed E-state index contributed by atoms with van der Waals surface area (Å²) >= 11 is 0. The van der Waals surface area contributed by atoms with Gasteiger partial charge in [-0.1, -0.05) is 6.07 Å². The van der Waals surface area contributed by atoms with Gasteiger partial charge >= 0.3 is 0 Å². The van der Waals surface area contributed by atoms with E-state index < -0.39 is 6.10 Å². The molecule has 106 valence electrons. The second-order valence-corrected chi connectivity index (χ2v) is 4.64. The van der Waals surface area contributed by atoms with Crippen LogP contribution in [0.25, 0.3) is 0 Å². The molecule has 0 fully saturated rings. The summed E-state index contributed by atoms with van der Waals surface area (Å²) in [6, 6.07) is 12.1. The third-order valence-corrected chi connectivity index (χ3v) is 3.28. The normalized spacial score (nSPS) is 12.1. The Kier molecular flexibility index (Phi) is 4.25. The van der Waals surface area contributed by atoms with Crippen molar-refractivity contribution in [3.8, 4) is 5.75 Å². The fraction of sp³-hybridized carbons (Fsp3) is 0.250. The number of nitrogens with zero attached hydrogens (tertiary/aromatic N) is 1. The van der Waals surface area contributed by atoms with Crippen molar-refractivity contribution in [2.24, 2.45) is 0 Å². The summed E-state index contributed by atoms with van der Waals surface area (Å²) in [6.07, 6.45) is -0.676. The molecule has 0 bridgehead atoms. The van der Waals surface area contributed by atoms with Crippen LogP contribution in [0.1, 0.15) is 18.6 Å². The summed E-state index contributed by atoms with van der Waals surface area (Å²) in [7, 11) is 3.40. The summed E-state index contributed by atoms with van der Waals surface area (Å²) in [6.45, 7) is 1.61. The van der Waals surface area contributed by atoms with Crippen molar-refractivity contribution < 1.29 is 14.2 Å². The molecule has 0 saturated heterocycles. The minimum atomic E-state index is -0.676. The number of aliphatic hydroxyl groups excluding tert-OH is 1. The van der Waals surface area contributed by atoms with Gasteiger partial charge < -0.3 is 14.7 Å². The molecule has 20 heavy (non-hydrogen) atoms. The number of ether oxygens (including phenoxy) is 1. The van der Waals surface area contributed by atoms with Gasteiger partial charge in [-0.05, 0) is 48.9 Å². The van der Waals surface area contributed by atoms with Crippen molar-refractivity contribution in [2.45, 2.75) is 13.0 Å². The monoisotopic (exact) mass is 275 g/mol. The molecule has 0 aliphatic carbocycles. The number of hydrogen-bond acceptors (Lipinski definition) is 3. The van der Waals surface area contributed by atoms with Crippen molar-refractivity contribution in [2.75, 3.05) is 19.1 Å². The van der Waals surface area contributed by atoms with E-state index in [4.69, 9.17) is 4.74 Å². The van der Waals surface area contributed by atoms with Crippen LogP contribution in [0.2, 0.25) is 0 Å². The van der Waals surface area contributed by atoms with Crippen molar-refractivity contribution in [3.63, 3.8) is 0 Å². The number of anilines is 2. The smallest absolute Gasteiger partial charge is 0.147 e. The third kappa shape index (κ3) is 2.91. The zero-order valence-corrected chi connectivity index (χ0v) is 11.8. The molecule has 0 radical (unpaired) electrons. The van der Waals surface area contributed by atoms with E-state index in [2.05, 4.69) is 0 Å². The molecule has 0 aromatic heterocycles. The van der Waals surface area contributed by atoms with E-state index in [0.29, 0.717) is 11.3 Å². The number of aliphatic hydroxyl groups is 1. The van der Waals surface area contributed by atoms with Crippen molar-refractivity contribution >= 4 is 11.4 Å². The van der Waals surface area contributed by atoms with Gasteiger partial charge in [-0.25, -0.2) is 4.39 Å². The molecule has 1 N–H and O–H groups in total. The number of methoxy groups -OCH3 is 1. The third-order valence-electron chi connectivity index (χ3n) is 3.28. The number of benzene rings is 2. The van der Waals surface area contributed by atoms with E-state index in [1.165, 1.54) is 6.07 Å². The van der Waals surface area contributed by atoms with Crippen LogP contribution in [0.4, 0.5) is 15.8 Å². The van der Waals surface area contributed by atoms with E-state index in [0.717, 1.165) is 11.4 Å². The zero-order valence-electron chi connectivity index (χ0n) is 11.8. The van der Waals surface area contributed by atoms with Gasteiger partial charge in [0.2, 0.25) is 0 Å². The standard InChI is InChI=1S/C16H18FNO2/c1-11(19)12-4-9-16(15(17)10-12)18(2)13-5-7-14(20-3)8-6-13/h4-11,19H,1-3H3/t11-/m0/s1. The maximum Gasteiger partial charge on any atom is 0.147 e. The Balaban J connectivity index is 2.30. The number of rotatable bonds is 4. The predicted octanol–water partition coefficient (Wildman–Crippen LogP) is 3.66. The summed E-state index contributed by atoms with van der Waals surface area (Å²) in [5.74, 6) is 0.397. The Hall–Kier alpha value is -2.07. The van der Waals surface area contributed by atoms with E-state index >= 15 is 0 Å². The molecule has 2 aromatic carbocycles. The lowest BCUT2D eigenvalue weighted by molar-refractivity contribution is 0.199. The first-order chi connectivity index (χ1) is 9.52. The molecule has 0 saturated carbocycles. The molecule has 2 aromatic rings. The van der Waals surface area contributed by atoms with Crippen LogP contribution < -0.4 is 9.64 Å². The number of hydrogen-bond donors (Lipinski definition) is 1. The van der Waals surface area contributed by atoms with Crippen molar-refractivity contribution in [1.29, 1.82) is 0 Å². The lowest BCUT2D eigenvalue weighted by Crippen LogP contribution is -2.11. The van der Waals surface area contributed by atoms with Crippen LogP contribution in [0, 0.1) is 5.82 Å². The molecule has 1 atom stereocenters. The van der Waals surface area contributed by atoms with Crippen LogP contribution in [0.15, 0.2) is 42.5 Å². The largest absolute Gasteiger partial charge is 0.497 e. The Morgan fingerprint density at radius 1 is 1.15 bits per heavy atom. The fourth-order valence-electron chi connectivity index (χ4n) is 2.00. The van der Waals surface area contributed by atoms with Gasteiger partial charge in [0.25, 0.3) is 0 Å². The molecule has 2 rings (SSSR count). The molecular weight excluding hydrogens is 257 g/mol. The van der Waals surface area contributed by atoms with Crippen LogP contribution in [0.5, 0.6) is 5.75 Å². The first-order valence-electron chi connectivity index (χ1n) is 6.38. The highest BCUT2D eigenvalue weighted by Gasteiger charge is 2.12. The molecule has 0 aliphatic heterocycles. The van der Waals surface area contributed by atoms with E-state index in [1.54, 1.807) is 38.1 Å². The Bertz CT molecular complexity index is 582. The molecule has 3 nitrogen and oxygen atoms in total. The van der Waals surface area contributed by atoms with Crippen molar-refractivity contribution in [1.82, 2.24) is 0 Å². The molecule has 0 heterocycles.